The Morgan fingerprint density at radius 3 is 1.97 bits per heavy atom. The van der Waals surface area contributed by atoms with Gasteiger partial charge in [-0.2, -0.15) is 0 Å². The molecule has 0 spiro atoms. The molecule has 0 saturated carbocycles. The van der Waals surface area contributed by atoms with Crippen LogP contribution in [-0.4, -0.2) is 53.1 Å². The molecule has 0 aliphatic carbocycles. The molecule has 0 radical (unpaired) electrons. The molecule has 1 N–H and O–H groups in total. The molecule has 1 aromatic carbocycles. The number of carbonyl (C=O) groups excluding carboxylic acids is 1. The second kappa shape index (κ2) is 11.4. The minimum Gasteiger partial charge on any atom is -0.459 e. The molecule has 0 amide bonds. The van der Waals surface area contributed by atoms with Crippen LogP contribution in [0.4, 0.5) is 4.39 Å². The van der Waals surface area contributed by atoms with Crippen molar-refractivity contribution >= 4 is 22.6 Å². The second-order valence-corrected chi connectivity index (χ2v) is 21.1. The summed E-state index contributed by atoms with van der Waals surface area (Å²) in [5, 5.41) is 10.2. The van der Waals surface area contributed by atoms with Crippen molar-refractivity contribution < 1.29 is 27.9 Å². The summed E-state index contributed by atoms with van der Waals surface area (Å²) in [6, 6.07) is 8.39. The Morgan fingerprint density at radius 2 is 1.48 bits per heavy atom. The van der Waals surface area contributed by atoms with Gasteiger partial charge < -0.3 is 18.7 Å². The van der Waals surface area contributed by atoms with Crippen molar-refractivity contribution in [2.45, 2.75) is 90.0 Å². The molecule has 0 aliphatic rings. The Kier molecular flexibility index (Phi) is 10.3. The summed E-state index contributed by atoms with van der Waals surface area (Å²) >= 11 is 0. The first-order chi connectivity index (χ1) is 14.9. The highest BCUT2D eigenvalue weighted by atomic mass is 28.4. The molecule has 33 heavy (non-hydrogen) atoms. The number of aliphatic hydroxyl groups is 1. The molecule has 0 saturated heterocycles. The van der Waals surface area contributed by atoms with Gasteiger partial charge in [0.15, 0.2) is 16.6 Å². The van der Waals surface area contributed by atoms with Crippen LogP contribution in [0.2, 0.25) is 36.3 Å². The van der Waals surface area contributed by atoms with Crippen LogP contribution in [0.25, 0.3) is 0 Å². The summed E-state index contributed by atoms with van der Waals surface area (Å²) in [6.45, 7) is 20.9. The number of benzene rings is 1. The molecule has 0 fully saturated rings. The third-order valence-corrected chi connectivity index (χ3v) is 15.7. The van der Waals surface area contributed by atoms with Gasteiger partial charge in [0.05, 0.1) is 18.3 Å². The van der Waals surface area contributed by atoms with Crippen molar-refractivity contribution in [2.24, 2.45) is 0 Å². The summed E-state index contributed by atoms with van der Waals surface area (Å²) in [5.74, 6) is -1.41. The van der Waals surface area contributed by atoms with Gasteiger partial charge in [0, 0.05) is 0 Å². The van der Waals surface area contributed by atoms with E-state index >= 15 is 0 Å². The highest BCUT2D eigenvalue weighted by Crippen LogP contribution is 2.39. The normalized spacial score (nSPS) is 15.8. The maximum absolute atomic E-state index is 14.9. The third kappa shape index (κ3) is 9.09. The van der Waals surface area contributed by atoms with E-state index in [0.29, 0.717) is 5.56 Å². The number of carbonyl (C=O) groups is 1. The Hall–Kier alpha value is -1.33. The van der Waals surface area contributed by atoms with Gasteiger partial charge in [0.1, 0.15) is 18.5 Å². The Balaban J connectivity index is 2.97. The topological polar surface area (TPSA) is 65.0 Å². The number of aliphatic hydroxyl groups excluding tert-OH is 1. The van der Waals surface area contributed by atoms with Crippen molar-refractivity contribution in [2.75, 3.05) is 13.2 Å². The summed E-state index contributed by atoms with van der Waals surface area (Å²) in [7, 11) is -4.32. The van der Waals surface area contributed by atoms with E-state index in [0.717, 1.165) is 0 Å². The molecule has 0 heterocycles. The van der Waals surface area contributed by atoms with Crippen LogP contribution in [0, 0.1) is 0 Å². The van der Waals surface area contributed by atoms with Gasteiger partial charge in [0.2, 0.25) is 0 Å². The number of hydrogen-bond acceptors (Lipinski definition) is 5. The molecule has 8 heteroatoms. The molecular formula is C25H43FO5Si2. The Morgan fingerprint density at radius 1 is 0.970 bits per heavy atom. The summed E-state index contributed by atoms with van der Waals surface area (Å²) in [4.78, 5) is 12.1. The largest absolute Gasteiger partial charge is 0.459 e. The average Bonchev–Trinajstić information content (AvgIpc) is 2.68. The van der Waals surface area contributed by atoms with Crippen molar-refractivity contribution in [3.63, 3.8) is 0 Å². The van der Waals surface area contributed by atoms with Crippen molar-refractivity contribution in [3.8, 4) is 0 Å². The van der Waals surface area contributed by atoms with Crippen LogP contribution >= 0.6 is 0 Å². The van der Waals surface area contributed by atoms with Crippen LogP contribution in [-0.2, 0) is 13.6 Å². The lowest BCUT2D eigenvalue weighted by Gasteiger charge is -2.41. The van der Waals surface area contributed by atoms with Crippen LogP contribution in [0.15, 0.2) is 42.2 Å². The fourth-order valence-corrected chi connectivity index (χ4v) is 4.62. The first-order valence-electron chi connectivity index (χ1n) is 11.5. The highest BCUT2D eigenvalue weighted by molar-refractivity contribution is 6.74. The van der Waals surface area contributed by atoms with Gasteiger partial charge in [-0.05, 0) is 54.5 Å². The predicted molar refractivity (Wildman–Crippen MR) is 137 cm³/mol. The van der Waals surface area contributed by atoms with E-state index in [4.69, 9.17) is 13.6 Å². The van der Waals surface area contributed by atoms with Crippen LogP contribution in [0.5, 0.6) is 0 Å². The van der Waals surface area contributed by atoms with E-state index in [1.165, 1.54) is 6.08 Å². The second-order valence-electron chi connectivity index (χ2n) is 11.5. The van der Waals surface area contributed by atoms with Gasteiger partial charge in [-0.25, -0.2) is 9.18 Å². The van der Waals surface area contributed by atoms with Crippen LogP contribution in [0.3, 0.4) is 0 Å². The van der Waals surface area contributed by atoms with Crippen molar-refractivity contribution in [3.05, 3.63) is 47.8 Å². The third-order valence-electron chi connectivity index (χ3n) is 6.71. The zero-order valence-corrected chi connectivity index (χ0v) is 24.0. The first kappa shape index (κ1) is 29.7. The minimum absolute atomic E-state index is 0.00192. The van der Waals surface area contributed by atoms with Crippen molar-refractivity contribution in [1.29, 1.82) is 0 Å². The van der Waals surface area contributed by atoms with E-state index in [1.807, 2.05) is 0 Å². The first-order valence-corrected chi connectivity index (χ1v) is 17.3. The van der Waals surface area contributed by atoms with E-state index in [9.17, 15) is 14.3 Å². The van der Waals surface area contributed by atoms with Gasteiger partial charge in [-0.1, -0.05) is 59.7 Å². The maximum Gasteiger partial charge on any atom is 0.338 e. The number of hydrogen-bond donors (Lipinski definition) is 1. The standard InChI is InChI=1S/C25H43FO5Si2/c1-24(2,3)32(7,8)30-17-20(31-33(9,10)25(4,5)6)16-21(26)22(27)18-29-23(28)19-14-12-11-13-15-19/h11-16,20,22,27H,17-18H2,1-10H3/b21-16+/t20-,22?/m1/s1. The van der Waals surface area contributed by atoms with E-state index in [1.54, 1.807) is 30.3 Å². The lowest BCUT2D eigenvalue weighted by Crippen LogP contribution is -2.47. The highest BCUT2D eigenvalue weighted by Gasteiger charge is 2.41. The molecule has 188 valence electrons. The fourth-order valence-electron chi connectivity index (χ4n) is 2.36. The number of halogens is 1. The molecule has 1 aromatic rings. The quantitative estimate of drug-likeness (QED) is 0.296. The predicted octanol–water partition coefficient (Wildman–Crippen LogP) is 6.47. The smallest absolute Gasteiger partial charge is 0.338 e. The van der Waals surface area contributed by atoms with Crippen LogP contribution in [0.1, 0.15) is 51.9 Å². The minimum atomic E-state index is -2.24. The molecule has 0 bridgehead atoms. The SMILES string of the molecule is CC(C)(C)[Si](C)(C)OC[C@@H](/C=C(/F)C(O)COC(=O)c1ccccc1)O[Si](C)(C)C(C)(C)C. The zero-order chi connectivity index (χ0) is 25.7. The number of esters is 1. The Bertz CT molecular complexity index is 795. The summed E-state index contributed by atoms with van der Waals surface area (Å²) in [5.41, 5.74) is 0.344. The van der Waals surface area contributed by atoms with Gasteiger partial charge >= 0.3 is 5.97 Å². The molecule has 2 atom stereocenters. The molecular weight excluding hydrogens is 455 g/mol. The molecule has 1 rings (SSSR count). The molecule has 1 unspecified atom stereocenters. The number of ether oxygens (including phenoxy) is 1. The summed E-state index contributed by atoms with van der Waals surface area (Å²) in [6.07, 6.45) is -0.954. The lowest BCUT2D eigenvalue weighted by molar-refractivity contribution is 0.0285. The van der Waals surface area contributed by atoms with E-state index in [-0.39, 0.29) is 16.7 Å². The summed E-state index contributed by atoms with van der Waals surface area (Å²) < 4.78 is 32.8. The van der Waals surface area contributed by atoms with Gasteiger partial charge in [0.25, 0.3) is 0 Å². The fraction of sp³-hybridized carbons (Fsp3) is 0.640. The number of rotatable bonds is 10. The maximum atomic E-state index is 14.9. The van der Waals surface area contributed by atoms with Crippen molar-refractivity contribution in [1.82, 2.24) is 0 Å². The zero-order valence-electron chi connectivity index (χ0n) is 22.0. The monoisotopic (exact) mass is 498 g/mol. The average molecular weight is 499 g/mol. The van der Waals surface area contributed by atoms with E-state index in [2.05, 4.69) is 67.7 Å². The van der Waals surface area contributed by atoms with Gasteiger partial charge in [-0.3, -0.25) is 0 Å². The molecule has 5 nitrogen and oxygen atoms in total. The molecule has 0 aliphatic heterocycles. The lowest BCUT2D eigenvalue weighted by atomic mass is 10.2. The molecule has 0 aromatic heterocycles. The van der Waals surface area contributed by atoms with Crippen LogP contribution < -0.4 is 0 Å². The van der Waals surface area contributed by atoms with E-state index < -0.39 is 47.2 Å². The van der Waals surface area contributed by atoms with Gasteiger partial charge in [-0.15, -0.1) is 0 Å². The Labute approximate surface area is 201 Å².